The molecule has 0 aliphatic carbocycles. The van der Waals surface area contributed by atoms with Crippen molar-refractivity contribution in [3.05, 3.63) is 29.3 Å². The fraction of sp³-hybridized carbons (Fsp3) is 0.462. The monoisotopic (exact) mass is 270 g/mol. The molecule has 19 heavy (non-hydrogen) atoms. The summed E-state index contributed by atoms with van der Waals surface area (Å²) in [6, 6.07) is 1.82. The van der Waals surface area contributed by atoms with Crippen molar-refractivity contribution in [2.75, 3.05) is 18.4 Å². The maximum Gasteiger partial charge on any atom is 0.338 e. The lowest BCUT2D eigenvalue weighted by Gasteiger charge is -2.24. The van der Waals surface area contributed by atoms with Gasteiger partial charge in [-0.2, -0.15) is 0 Å². The van der Waals surface area contributed by atoms with Crippen LogP contribution in [0.15, 0.2) is 12.1 Å². The van der Waals surface area contributed by atoms with Crippen LogP contribution in [0.1, 0.15) is 29.6 Å². The van der Waals surface area contributed by atoms with E-state index in [2.05, 4.69) is 10.6 Å². The molecule has 1 saturated heterocycles. The first-order valence-electron chi connectivity index (χ1n) is 6.27. The number of aromatic carboxylic acids is 1. The molecule has 1 aliphatic heterocycles. The molecule has 1 aromatic rings. The number of hydrogen-bond acceptors (Lipinski definition) is 3. The average molecular weight is 270 g/mol. The number of nitrogens with one attached hydrogen (secondary N) is 2. The second-order valence-corrected chi connectivity index (χ2v) is 4.64. The van der Waals surface area contributed by atoms with Gasteiger partial charge in [-0.1, -0.05) is 6.42 Å². The maximum absolute atomic E-state index is 13.5. The average Bonchev–Trinajstić information content (AvgIpc) is 2.38. The molecule has 0 amide bonds. The van der Waals surface area contributed by atoms with Crippen LogP contribution in [-0.4, -0.2) is 30.2 Å². The minimum Gasteiger partial charge on any atom is -0.478 e. The Labute approximate surface area is 109 Å². The number of carboxylic acid groups (broad SMARTS) is 1. The number of halogens is 2. The summed E-state index contributed by atoms with van der Waals surface area (Å²) in [6.07, 6.45) is 3.23. The fourth-order valence-corrected chi connectivity index (χ4v) is 2.18. The van der Waals surface area contributed by atoms with Crippen LogP contribution >= 0.6 is 0 Å². The fourth-order valence-electron chi connectivity index (χ4n) is 2.18. The molecule has 0 spiro atoms. The predicted molar refractivity (Wildman–Crippen MR) is 67.4 cm³/mol. The molecule has 0 radical (unpaired) electrons. The van der Waals surface area contributed by atoms with Gasteiger partial charge in [0.2, 0.25) is 0 Å². The maximum atomic E-state index is 13.5. The van der Waals surface area contributed by atoms with Crippen LogP contribution in [-0.2, 0) is 0 Å². The molecule has 1 aliphatic rings. The first kappa shape index (κ1) is 13.7. The summed E-state index contributed by atoms with van der Waals surface area (Å²) in [7, 11) is 0. The smallest absolute Gasteiger partial charge is 0.338 e. The van der Waals surface area contributed by atoms with E-state index < -0.39 is 23.2 Å². The summed E-state index contributed by atoms with van der Waals surface area (Å²) in [5.74, 6) is -3.25. The number of benzene rings is 1. The van der Waals surface area contributed by atoms with E-state index >= 15 is 0 Å². The Morgan fingerprint density at radius 2 is 2.16 bits per heavy atom. The molecule has 104 valence electrons. The molecule has 1 fully saturated rings. The van der Waals surface area contributed by atoms with Gasteiger partial charge in [0.15, 0.2) is 0 Å². The molecule has 1 atom stereocenters. The Balaban J connectivity index is 2.06. The molecule has 4 nitrogen and oxygen atoms in total. The Hall–Kier alpha value is -1.69. The van der Waals surface area contributed by atoms with Crippen LogP contribution in [0.25, 0.3) is 0 Å². The van der Waals surface area contributed by atoms with Crippen LogP contribution in [0.3, 0.4) is 0 Å². The highest BCUT2D eigenvalue weighted by Gasteiger charge is 2.17. The van der Waals surface area contributed by atoms with Crippen molar-refractivity contribution in [1.82, 2.24) is 5.32 Å². The zero-order valence-electron chi connectivity index (χ0n) is 10.4. The third kappa shape index (κ3) is 3.41. The Morgan fingerprint density at radius 3 is 2.79 bits per heavy atom. The van der Waals surface area contributed by atoms with Crippen molar-refractivity contribution in [1.29, 1.82) is 0 Å². The van der Waals surface area contributed by atoms with Crippen molar-refractivity contribution in [2.24, 2.45) is 0 Å². The SMILES string of the molecule is O=C(O)c1cc(NCC2CCCCN2)c(F)cc1F. The van der Waals surface area contributed by atoms with Gasteiger partial charge < -0.3 is 15.7 Å². The lowest BCUT2D eigenvalue weighted by atomic mass is 10.0. The van der Waals surface area contributed by atoms with Gasteiger partial charge in [-0.15, -0.1) is 0 Å². The van der Waals surface area contributed by atoms with Gasteiger partial charge in [-0.05, 0) is 25.5 Å². The number of carbonyl (C=O) groups is 1. The van der Waals surface area contributed by atoms with Crippen LogP contribution < -0.4 is 10.6 Å². The third-order valence-corrected chi connectivity index (χ3v) is 3.24. The first-order valence-corrected chi connectivity index (χ1v) is 6.27. The minimum absolute atomic E-state index is 0.0196. The van der Waals surface area contributed by atoms with E-state index in [0.717, 1.165) is 31.9 Å². The molecule has 3 N–H and O–H groups in total. The molecule has 2 rings (SSSR count). The topological polar surface area (TPSA) is 61.4 Å². The van der Waals surface area contributed by atoms with E-state index in [-0.39, 0.29) is 11.7 Å². The van der Waals surface area contributed by atoms with Crippen molar-refractivity contribution in [2.45, 2.75) is 25.3 Å². The molecule has 0 saturated carbocycles. The van der Waals surface area contributed by atoms with Gasteiger partial charge in [0.05, 0.1) is 11.3 Å². The third-order valence-electron chi connectivity index (χ3n) is 3.24. The predicted octanol–water partition coefficient (Wildman–Crippen LogP) is 2.22. The van der Waals surface area contributed by atoms with E-state index in [0.29, 0.717) is 12.6 Å². The van der Waals surface area contributed by atoms with E-state index in [4.69, 9.17) is 5.11 Å². The highest BCUT2D eigenvalue weighted by atomic mass is 19.1. The highest BCUT2D eigenvalue weighted by molar-refractivity contribution is 5.89. The second kappa shape index (κ2) is 5.97. The molecule has 0 aromatic heterocycles. The summed E-state index contributed by atoms with van der Waals surface area (Å²) in [4.78, 5) is 10.8. The number of piperidine rings is 1. The Bertz CT molecular complexity index is 474. The summed E-state index contributed by atoms with van der Waals surface area (Å²) in [5, 5.41) is 14.9. The molecule has 0 bridgehead atoms. The van der Waals surface area contributed by atoms with Crippen LogP contribution in [0, 0.1) is 11.6 Å². The largest absolute Gasteiger partial charge is 0.478 e. The lowest BCUT2D eigenvalue weighted by Crippen LogP contribution is -2.39. The van der Waals surface area contributed by atoms with Gasteiger partial charge >= 0.3 is 5.97 Å². The summed E-state index contributed by atoms with van der Waals surface area (Å²) in [6.45, 7) is 1.42. The van der Waals surface area contributed by atoms with Gasteiger partial charge in [0.25, 0.3) is 0 Å². The van der Waals surface area contributed by atoms with E-state index in [1.165, 1.54) is 0 Å². The number of anilines is 1. The summed E-state index contributed by atoms with van der Waals surface area (Å²) >= 11 is 0. The highest BCUT2D eigenvalue weighted by Crippen LogP contribution is 2.20. The summed E-state index contributed by atoms with van der Waals surface area (Å²) in [5.41, 5.74) is -0.508. The van der Waals surface area contributed by atoms with Crippen molar-refractivity contribution in [3.8, 4) is 0 Å². The van der Waals surface area contributed by atoms with E-state index in [1.54, 1.807) is 0 Å². The van der Waals surface area contributed by atoms with E-state index in [1.807, 2.05) is 0 Å². The van der Waals surface area contributed by atoms with E-state index in [9.17, 15) is 13.6 Å². The number of carboxylic acids is 1. The zero-order chi connectivity index (χ0) is 13.8. The van der Waals surface area contributed by atoms with Gasteiger partial charge in [0, 0.05) is 18.7 Å². The van der Waals surface area contributed by atoms with Crippen LogP contribution in [0.4, 0.5) is 14.5 Å². The number of hydrogen-bond donors (Lipinski definition) is 3. The molecule has 6 heteroatoms. The second-order valence-electron chi connectivity index (χ2n) is 4.64. The van der Waals surface area contributed by atoms with Gasteiger partial charge in [-0.3, -0.25) is 0 Å². The summed E-state index contributed by atoms with van der Waals surface area (Å²) < 4.78 is 26.7. The zero-order valence-corrected chi connectivity index (χ0v) is 10.4. The molecule has 1 heterocycles. The minimum atomic E-state index is -1.41. The lowest BCUT2D eigenvalue weighted by molar-refractivity contribution is 0.0692. The van der Waals surface area contributed by atoms with Crippen LogP contribution in [0.5, 0.6) is 0 Å². The Kier molecular flexibility index (Phi) is 4.31. The Morgan fingerprint density at radius 1 is 1.37 bits per heavy atom. The van der Waals surface area contributed by atoms with Crippen molar-refractivity contribution >= 4 is 11.7 Å². The standard InChI is InChI=1S/C13H16F2N2O2/c14-10-6-11(15)12(5-9(10)13(18)19)17-7-8-3-1-2-4-16-8/h5-6,8,16-17H,1-4,7H2,(H,18,19). The normalized spacial score (nSPS) is 19.2. The van der Waals surface area contributed by atoms with Crippen molar-refractivity contribution < 1.29 is 18.7 Å². The molecular weight excluding hydrogens is 254 g/mol. The quantitative estimate of drug-likeness (QED) is 0.785. The van der Waals surface area contributed by atoms with Gasteiger partial charge in [-0.25, -0.2) is 13.6 Å². The molecule has 1 aromatic carbocycles. The van der Waals surface area contributed by atoms with Crippen LogP contribution in [0.2, 0.25) is 0 Å². The molecular formula is C13H16F2N2O2. The molecule has 1 unspecified atom stereocenters. The van der Waals surface area contributed by atoms with Gasteiger partial charge in [0.1, 0.15) is 11.6 Å². The first-order chi connectivity index (χ1) is 9.08. The van der Waals surface area contributed by atoms with Crippen molar-refractivity contribution in [3.63, 3.8) is 0 Å². The number of rotatable bonds is 4.